The highest BCUT2D eigenvalue weighted by Gasteiger charge is 2.34. The fourth-order valence-corrected chi connectivity index (χ4v) is 4.38. The topological polar surface area (TPSA) is 84.9 Å². The summed E-state index contributed by atoms with van der Waals surface area (Å²) in [6, 6.07) is 8.93. The van der Waals surface area contributed by atoms with E-state index in [1.165, 1.54) is 20.3 Å². The molecule has 0 unspecified atom stereocenters. The molecule has 9 heteroatoms. The lowest BCUT2D eigenvalue weighted by Gasteiger charge is -2.31. The van der Waals surface area contributed by atoms with Crippen molar-refractivity contribution in [2.24, 2.45) is 0 Å². The Morgan fingerprint density at radius 2 is 1.76 bits per heavy atom. The van der Waals surface area contributed by atoms with Gasteiger partial charge in [-0.3, -0.25) is 9.10 Å². The number of carbonyl (C=O) groups is 1. The zero-order chi connectivity index (χ0) is 21.8. The second-order valence-corrected chi connectivity index (χ2v) is 8.79. The second-order valence-electron chi connectivity index (χ2n) is 6.49. The van der Waals surface area contributed by atoms with Crippen LogP contribution in [0.3, 0.4) is 0 Å². The van der Waals surface area contributed by atoms with Gasteiger partial charge in [0.2, 0.25) is 15.9 Å². The van der Waals surface area contributed by atoms with Gasteiger partial charge in [0.25, 0.3) is 0 Å². The number of methoxy groups -OCH3 is 2. The van der Waals surface area contributed by atoms with Crippen molar-refractivity contribution in [1.82, 2.24) is 0 Å². The Hall–Kier alpha value is -2.45. The van der Waals surface area contributed by atoms with Crippen molar-refractivity contribution in [2.75, 3.05) is 30.1 Å². The third-order valence-corrected chi connectivity index (χ3v) is 5.72. The van der Waals surface area contributed by atoms with Crippen LogP contribution in [0.5, 0.6) is 11.5 Å². The number of anilines is 2. The summed E-state index contributed by atoms with van der Waals surface area (Å²) in [5.74, 6) is 0.271. The van der Waals surface area contributed by atoms with E-state index in [0.717, 1.165) is 16.1 Å². The van der Waals surface area contributed by atoms with Gasteiger partial charge >= 0.3 is 0 Å². The number of halogens is 1. The van der Waals surface area contributed by atoms with Crippen LogP contribution in [0.4, 0.5) is 11.4 Å². The first-order valence-corrected chi connectivity index (χ1v) is 11.1. The summed E-state index contributed by atoms with van der Waals surface area (Å²) in [4.78, 5) is 13.1. The minimum Gasteiger partial charge on any atom is -0.495 e. The van der Waals surface area contributed by atoms with Gasteiger partial charge in [-0.25, -0.2) is 8.42 Å². The third kappa shape index (κ3) is 5.33. The van der Waals surface area contributed by atoms with E-state index in [4.69, 9.17) is 21.1 Å². The van der Waals surface area contributed by atoms with Gasteiger partial charge in [0.15, 0.2) is 0 Å². The summed E-state index contributed by atoms with van der Waals surface area (Å²) in [6.07, 6.45) is 1.26. The van der Waals surface area contributed by atoms with Gasteiger partial charge in [-0.1, -0.05) is 24.6 Å². The van der Waals surface area contributed by atoms with Crippen molar-refractivity contribution < 1.29 is 22.7 Å². The maximum absolute atomic E-state index is 13.1. The summed E-state index contributed by atoms with van der Waals surface area (Å²) < 4.78 is 37.0. The number of hydrogen-bond acceptors (Lipinski definition) is 5. The van der Waals surface area contributed by atoms with Gasteiger partial charge in [0.05, 0.1) is 31.9 Å². The molecule has 29 heavy (non-hydrogen) atoms. The number of aryl methyl sites for hydroxylation is 1. The summed E-state index contributed by atoms with van der Waals surface area (Å²) in [6.45, 7) is 3.61. The Balaban J connectivity index is 2.52. The van der Waals surface area contributed by atoms with Crippen molar-refractivity contribution in [3.63, 3.8) is 0 Å². The summed E-state index contributed by atoms with van der Waals surface area (Å²) in [5, 5.41) is 3.11. The van der Waals surface area contributed by atoms with Gasteiger partial charge in [-0.05, 0) is 49.2 Å². The Morgan fingerprint density at radius 1 is 1.14 bits per heavy atom. The fraction of sp³-hybridized carbons (Fsp3) is 0.350. The smallest absolute Gasteiger partial charge is 0.248 e. The van der Waals surface area contributed by atoms with Crippen LogP contribution in [0, 0.1) is 6.92 Å². The molecule has 0 heterocycles. The highest BCUT2D eigenvalue weighted by molar-refractivity contribution is 7.92. The molecule has 0 saturated carbocycles. The lowest BCUT2D eigenvalue weighted by molar-refractivity contribution is -0.117. The van der Waals surface area contributed by atoms with Gasteiger partial charge < -0.3 is 14.8 Å². The zero-order valence-electron chi connectivity index (χ0n) is 17.0. The van der Waals surface area contributed by atoms with Crippen molar-refractivity contribution in [3.8, 4) is 11.5 Å². The van der Waals surface area contributed by atoms with Crippen molar-refractivity contribution in [2.45, 2.75) is 26.3 Å². The van der Waals surface area contributed by atoms with Crippen LogP contribution >= 0.6 is 11.6 Å². The SMILES string of the molecule is CC[C@@H](C(=O)Nc1cc(C)ccc1OC)N(c1cc(Cl)ccc1OC)S(C)(=O)=O. The molecule has 7 nitrogen and oxygen atoms in total. The molecule has 0 aliphatic carbocycles. The maximum Gasteiger partial charge on any atom is 0.248 e. The first-order valence-electron chi connectivity index (χ1n) is 8.90. The van der Waals surface area contributed by atoms with Crippen LogP contribution in [0.1, 0.15) is 18.9 Å². The number of rotatable bonds is 8. The summed E-state index contributed by atoms with van der Waals surface area (Å²) in [7, 11) is -0.917. The minimum atomic E-state index is -3.84. The molecule has 1 amide bonds. The number of carbonyl (C=O) groups excluding carboxylic acids is 1. The molecule has 0 spiro atoms. The van der Waals surface area contributed by atoms with E-state index in [1.807, 2.05) is 13.0 Å². The monoisotopic (exact) mass is 440 g/mol. The van der Waals surface area contributed by atoms with Crippen molar-refractivity contribution >= 4 is 38.9 Å². The number of sulfonamides is 1. The number of nitrogens with one attached hydrogen (secondary N) is 1. The maximum atomic E-state index is 13.1. The predicted octanol–water partition coefficient (Wildman–Crippen LogP) is 3.85. The van der Waals surface area contributed by atoms with Gasteiger partial charge in [0, 0.05) is 5.02 Å². The molecule has 1 N–H and O–H groups in total. The minimum absolute atomic E-state index is 0.195. The molecule has 0 saturated heterocycles. The largest absolute Gasteiger partial charge is 0.495 e. The van der Waals surface area contributed by atoms with E-state index in [2.05, 4.69) is 5.32 Å². The fourth-order valence-electron chi connectivity index (χ4n) is 3.01. The first-order chi connectivity index (χ1) is 13.6. The highest BCUT2D eigenvalue weighted by Crippen LogP contribution is 2.35. The quantitative estimate of drug-likeness (QED) is 0.673. The Labute approximate surface area is 176 Å². The normalized spacial score (nSPS) is 12.2. The Bertz CT molecular complexity index is 994. The van der Waals surface area contributed by atoms with Crippen LogP contribution in [-0.2, 0) is 14.8 Å². The molecule has 0 aromatic heterocycles. The Kier molecular flexibility index (Phi) is 7.37. The summed E-state index contributed by atoms with van der Waals surface area (Å²) in [5.41, 5.74) is 1.58. The zero-order valence-corrected chi connectivity index (χ0v) is 18.6. The molecule has 0 fully saturated rings. The number of benzene rings is 2. The van der Waals surface area contributed by atoms with Gasteiger partial charge in [-0.2, -0.15) is 0 Å². The highest BCUT2D eigenvalue weighted by atomic mass is 35.5. The lowest BCUT2D eigenvalue weighted by atomic mass is 10.1. The van der Waals surface area contributed by atoms with E-state index < -0.39 is 22.0 Å². The molecule has 2 aromatic rings. The van der Waals surface area contributed by atoms with Crippen LogP contribution < -0.4 is 19.1 Å². The number of nitrogens with zero attached hydrogens (tertiary/aromatic N) is 1. The third-order valence-electron chi connectivity index (χ3n) is 4.32. The van der Waals surface area contributed by atoms with Crippen LogP contribution in [0.2, 0.25) is 5.02 Å². The number of hydrogen-bond donors (Lipinski definition) is 1. The molecule has 0 radical (unpaired) electrons. The average Bonchev–Trinajstić information content (AvgIpc) is 2.65. The number of amides is 1. The summed E-state index contributed by atoms with van der Waals surface area (Å²) >= 11 is 6.09. The van der Waals surface area contributed by atoms with Gasteiger partial charge in [-0.15, -0.1) is 0 Å². The number of ether oxygens (including phenoxy) is 2. The molecule has 2 aromatic carbocycles. The van der Waals surface area contributed by atoms with E-state index in [1.54, 1.807) is 31.2 Å². The van der Waals surface area contributed by atoms with E-state index in [-0.39, 0.29) is 12.1 Å². The van der Waals surface area contributed by atoms with Crippen molar-refractivity contribution in [3.05, 3.63) is 47.0 Å². The van der Waals surface area contributed by atoms with Crippen LogP contribution in [0.25, 0.3) is 0 Å². The van der Waals surface area contributed by atoms with Gasteiger partial charge in [0.1, 0.15) is 17.5 Å². The van der Waals surface area contributed by atoms with E-state index >= 15 is 0 Å². The predicted molar refractivity (Wildman–Crippen MR) is 116 cm³/mol. The molecule has 0 bridgehead atoms. The molecule has 0 aliphatic rings. The second kappa shape index (κ2) is 9.37. The molecule has 2 rings (SSSR count). The Morgan fingerprint density at radius 3 is 2.31 bits per heavy atom. The average molecular weight is 441 g/mol. The van der Waals surface area contributed by atoms with Crippen LogP contribution in [0.15, 0.2) is 36.4 Å². The van der Waals surface area contributed by atoms with Crippen molar-refractivity contribution in [1.29, 1.82) is 0 Å². The molecular formula is C20H25ClN2O5S. The standard InChI is InChI=1S/C20H25ClN2O5S/c1-6-16(20(24)22-15-11-13(2)7-9-18(15)27-3)23(29(5,25)26)17-12-14(21)8-10-19(17)28-4/h7-12,16H,6H2,1-5H3,(H,22,24)/t16-/m0/s1. The molecule has 1 atom stereocenters. The molecule has 0 aliphatic heterocycles. The van der Waals surface area contributed by atoms with E-state index in [9.17, 15) is 13.2 Å². The van der Waals surface area contributed by atoms with E-state index in [0.29, 0.717) is 22.2 Å². The van der Waals surface area contributed by atoms with Crippen LogP contribution in [-0.4, -0.2) is 40.8 Å². The molecule has 158 valence electrons. The lowest BCUT2D eigenvalue weighted by Crippen LogP contribution is -2.47. The first kappa shape index (κ1) is 22.8. The molecular weight excluding hydrogens is 416 g/mol.